The van der Waals surface area contributed by atoms with Crippen molar-refractivity contribution >= 4 is 11.8 Å². The Morgan fingerprint density at radius 1 is 1.15 bits per heavy atom. The number of rotatable bonds is 6. The van der Waals surface area contributed by atoms with E-state index < -0.39 is 0 Å². The van der Waals surface area contributed by atoms with Gasteiger partial charge in [-0.15, -0.1) is 0 Å². The maximum Gasteiger partial charge on any atom is 0.228 e. The number of anilines is 2. The quantitative estimate of drug-likeness (QED) is 0.822. The van der Waals surface area contributed by atoms with E-state index in [4.69, 9.17) is 5.11 Å². The summed E-state index contributed by atoms with van der Waals surface area (Å²) >= 11 is 0. The Morgan fingerprint density at radius 3 is 2.46 bits per heavy atom. The molecular weight excluding hydrogens is 328 g/mol. The molecule has 0 amide bonds. The third-order valence-corrected chi connectivity index (χ3v) is 5.03. The first-order valence-corrected chi connectivity index (χ1v) is 9.32. The van der Waals surface area contributed by atoms with Crippen molar-refractivity contribution in [3.8, 4) is 0 Å². The van der Waals surface area contributed by atoms with E-state index in [1.54, 1.807) is 12.4 Å². The second-order valence-electron chi connectivity index (χ2n) is 7.06. The Bertz CT molecular complexity index is 709. The number of aromatic nitrogens is 4. The first-order chi connectivity index (χ1) is 12.6. The third-order valence-electron chi connectivity index (χ3n) is 5.03. The topological polar surface area (TPSA) is 87.1 Å². The highest BCUT2D eigenvalue weighted by molar-refractivity contribution is 5.52. The minimum atomic E-state index is 0.245. The summed E-state index contributed by atoms with van der Waals surface area (Å²) in [5.74, 6) is 1.69. The molecule has 0 radical (unpaired) electrons. The molecule has 0 saturated carbocycles. The molecule has 1 atom stereocenters. The van der Waals surface area contributed by atoms with E-state index >= 15 is 0 Å². The monoisotopic (exact) mass is 356 g/mol. The molecule has 7 nitrogen and oxygen atoms in total. The van der Waals surface area contributed by atoms with Crippen molar-refractivity contribution in [2.24, 2.45) is 0 Å². The number of piperidine rings is 1. The number of hydrogen-bond acceptors (Lipinski definition) is 7. The molecule has 0 bridgehead atoms. The predicted molar refractivity (Wildman–Crippen MR) is 102 cm³/mol. The van der Waals surface area contributed by atoms with E-state index in [0.717, 1.165) is 55.3 Å². The van der Waals surface area contributed by atoms with Gasteiger partial charge in [-0.05, 0) is 59.2 Å². The van der Waals surface area contributed by atoms with Gasteiger partial charge in [-0.1, -0.05) is 0 Å². The Labute approximate surface area is 154 Å². The lowest BCUT2D eigenvalue weighted by Gasteiger charge is -2.36. The number of likely N-dealkylation sites (tertiary alicyclic amines) is 1. The molecule has 0 spiro atoms. The highest BCUT2D eigenvalue weighted by atomic mass is 16.3. The summed E-state index contributed by atoms with van der Waals surface area (Å²) in [6.07, 6.45) is 6.36. The molecule has 0 unspecified atom stereocenters. The largest absolute Gasteiger partial charge is 0.396 e. The molecule has 3 heterocycles. The van der Waals surface area contributed by atoms with Gasteiger partial charge in [-0.25, -0.2) is 15.0 Å². The molecule has 0 aliphatic carbocycles. The predicted octanol–water partition coefficient (Wildman–Crippen LogP) is 2.58. The molecule has 2 aromatic heterocycles. The van der Waals surface area contributed by atoms with Crippen LogP contribution in [0.3, 0.4) is 0 Å². The van der Waals surface area contributed by atoms with Crippen molar-refractivity contribution in [2.45, 2.75) is 52.0 Å². The summed E-state index contributed by atoms with van der Waals surface area (Å²) in [5, 5.41) is 12.4. The SMILES string of the molecule is Cc1cc(C)nc(Nc2nccnc2C2CCN([C@@H](C)CCO)CC2)n1. The Morgan fingerprint density at radius 2 is 1.81 bits per heavy atom. The second kappa shape index (κ2) is 8.51. The lowest BCUT2D eigenvalue weighted by atomic mass is 9.92. The van der Waals surface area contributed by atoms with Crippen LogP contribution in [0.25, 0.3) is 0 Å². The van der Waals surface area contributed by atoms with Crippen molar-refractivity contribution in [1.29, 1.82) is 0 Å². The van der Waals surface area contributed by atoms with Gasteiger partial charge in [0.15, 0.2) is 5.82 Å². The van der Waals surface area contributed by atoms with Gasteiger partial charge in [0.05, 0.1) is 5.69 Å². The van der Waals surface area contributed by atoms with Crippen molar-refractivity contribution in [2.75, 3.05) is 25.0 Å². The van der Waals surface area contributed by atoms with E-state index in [9.17, 15) is 0 Å². The van der Waals surface area contributed by atoms with Gasteiger partial charge < -0.3 is 15.3 Å². The summed E-state index contributed by atoms with van der Waals surface area (Å²) in [6.45, 7) is 8.38. The molecule has 26 heavy (non-hydrogen) atoms. The maximum atomic E-state index is 9.15. The van der Waals surface area contributed by atoms with Crippen LogP contribution in [0.5, 0.6) is 0 Å². The fourth-order valence-electron chi connectivity index (χ4n) is 3.61. The smallest absolute Gasteiger partial charge is 0.228 e. The summed E-state index contributed by atoms with van der Waals surface area (Å²) in [7, 11) is 0. The molecule has 1 fully saturated rings. The van der Waals surface area contributed by atoms with E-state index in [1.807, 2.05) is 19.9 Å². The van der Waals surface area contributed by atoms with Crippen LogP contribution >= 0.6 is 0 Å². The van der Waals surface area contributed by atoms with E-state index in [0.29, 0.717) is 17.9 Å². The molecule has 2 aromatic rings. The van der Waals surface area contributed by atoms with Crippen LogP contribution in [0.2, 0.25) is 0 Å². The van der Waals surface area contributed by atoms with Gasteiger partial charge in [0.1, 0.15) is 0 Å². The van der Waals surface area contributed by atoms with Crippen molar-refractivity contribution in [3.05, 3.63) is 35.5 Å². The minimum absolute atomic E-state index is 0.245. The molecule has 7 heteroatoms. The van der Waals surface area contributed by atoms with Crippen molar-refractivity contribution in [1.82, 2.24) is 24.8 Å². The average Bonchev–Trinajstić information content (AvgIpc) is 2.62. The number of nitrogens with zero attached hydrogens (tertiary/aromatic N) is 5. The zero-order chi connectivity index (χ0) is 18.5. The van der Waals surface area contributed by atoms with Crippen LogP contribution < -0.4 is 5.32 Å². The van der Waals surface area contributed by atoms with Crippen LogP contribution in [0.1, 0.15) is 49.2 Å². The number of aliphatic hydroxyl groups is 1. The van der Waals surface area contributed by atoms with Crippen LogP contribution in [-0.2, 0) is 0 Å². The summed E-state index contributed by atoms with van der Waals surface area (Å²) in [5.41, 5.74) is 2.85. The van der Waals surface area contributed by atoms with Gasteiger partial charge in [-0.2, -0.15) is 0 Å². The summed E-state index contributed by atoms with van der Waals surface area (Å²) in [6, 6.07) is 2.37. The number of aryl methyl sites for hydroxylation is 2. The standard InChI is InChI=1S/C19H28N6O/c1-13-12-14(2)23-19(22-13)24-18-17(20-7-8-21-18)16-4-9-25(10-5-16)15(3)6-11-26/h7-8,12,15-16,26H,4-6,9-11H2,1-3H3,(H,21,22,23,24)/t15-/m0/s1. The molecule has 1 aliphatic rings. The van der Waals surface area contributed by atoms with Gasteiger partial charge in [0, 0.05) is 42.3 Å². The van der Waals surface area contributed by atoms with E-state index in [-0.39, 0.29) is 6.61 Å². The molecule has 2 N–H and O–H groups in total. The number of nitrogens with one attached hydrogen (secondary N) is 1. The highest BCUT2D eigenvalue weighted by Crippen LogP contribution is 2.32. The van der Waals surface area contributed by atoms with Gasteiger partial charge >= 0.3 is 0 Å². The second-order valence-corrected chi connectivity index (χ2v) is 7.06. The molecule has 140 valence electrons. The lowest BCUT2D eigenvalue weighted by molar-refractivity contribution is 0.135. The van der Waals surface area contributed by atoms with E-state index in [2.05, 4.69) is 37.1 Å². The fourth-order valence-corrected chi connectivity index (χ4v) is 3.61. The number of aliphatic hydroxyl groups excluding tert-OH is 1. The fraction of sp³-hybridized carbons (Fsp3) is 0.579. The third kappa shape index (κ3) is 4.53. The normalized spacial score (nSPS) is 17.2. The first-order valence-electron chi connectivity index (χ1n) is 9.32. The molecule has 0 aromatic carbocycles. The van der Waals surface area contributed by atoms with Gasteiger partial charge in [0.25, 0.3) is 0 Å². The van der Waals surface area contributed by atoms with Crippen LogP contribution in [0.4, 0.5) is 11.8 Å². The zero-order valence-corrected chi connectivity index (χ0v) is 15.8. The maximum absolute atomic E-state index is 9.15. The highest BCUT2D eigenvalue weighted by Gasteiger charge is 2.26. The van der Waals surface area contributed by atoms with Crippen molar-refractivity contribution in [3.63, 3.8) is 0 Å². The first kappa shape index (κ1) is 18.7. The average molecular weight is 356 g/mol. The lowest BCUT2D eigenvalue weighted by Crippen LogP contribution is -2.40. The molecule has 3 rings (SSSR count). The Balaban J connectivity index is 1.72. The van der Waals surface area contributed by atoms with Crippen LogP contribution in [0, 0.1) is 13.8 Å². The molecular formula is C19H28N6O. The van der Waals surface area contributed by atoms with Gasteiger partial charge in [0.2, 0.25) is 5.95 Å². The summed E-state index contributed by atoms with van der Waals surface area (Å²) in [4.78, 5) is 20.4. The molecule has 1 saturated heterocycles. The zero-order valence-electron chi connectivity index (χ0n) is 15.8. The van der Waals surface area contributed by atoms with E-state index in [1.165, 1.54) is 0 Å². The number of hydrogen-bond donors (Lipinski definition) is 2. The Hall–Kier alpha value is -2.12. The van der Waals surface area contributed by atoms with Gasteiger partial charge in [-0.3, -0.25) is 4.98 Å². The van der Waals surface area contributed by atoms with Crippen LogP contribution in [0.15, 0.2) is 18.5 Å². The Kier molecular flexibility index (Phi) is 6.11. The summed E-state index contributed by atoms with van der Waals surface area (Å²) < 4.78 is 0. The van der Waals surface area contributed by atoms with Crippen LogP contribution in [-0.4, -0.2) is 55.7 Å². The molecule has 1 aliphatic heterocycles. The van der Waals surface area contributed by atoms with Crippen molar-refractivity contribution < 1.29 is 5.11 Å². The minimum Gasteiger partial charge on any atom is -0.396 e.